The van der Waals surface area contributed by atoms with Gasteiger partial charge in [0.05, 0.1) is 7.11 Å². The standard InChI is InChI=1S/C13H24N6O/c1-4-6-14-11-16-12(18-13(17-11)20-3)15-8-10-5-7-19(2)9-10/h10H,4-9H2,1-3H3,(H2,14,15,16,17,18). The van der Waals surface area contributed by atoms with E-state index in [1.807, 2.05) is 0 Å². The molecule has 1 saturated heterocycles. The Balaban J connectivity index is 1.95. The van der Waals surface area contributed by atoms with E-state index in [2.05, 4.69) is 44.5 Å². The van der Waals surface area contributed by atoms with Crippen molar-refractivity contribution < 1.29 is 4.74 Å². The summed E-state index contributed by atoms with van der Waals surface area (Å²) in [7, 11) is 3.72. The topological polar surface area (TPSA) is 75.2 Å². The fourth-order valence-electron chi connectivity index (χ4n) is 2.27. The van der Waals surface area contributed by atoms with Gasteiger partial charge in [-0.1, -0.05) is 6.92 Å². The zero-order chi connectivity index (χ0) is 14.4. The van der Waals surface area contributed by atoms with Gasteiger partial charge in [-0.05, 0) is 32.4 Å². The van der Waals surface area contributed by atoms with E-state index >= 15 is 0 Å². The summed E-state index contributed by atoms with van der Waals surface area (Å²) in [5, 5.41) is 6.44. The third-order valence-electron chi connectivity index (χ3n) is 3.37. The SMILES string of the molecule is CCCNc1nc(NCC2CCN(C)C2)nc(OC)n1. The van der Waals surface area contributed by atoms with E-state index in [0.29, 0.717) is 23.8 Å². The summed E-state index contributed by atoms with van der Waals surface area (Å²) in [6.07, 6.45) is 2.23. The van der Waals surface area contributed by atoms with Gasteiger partial charge in [0.1, 0.15) is 0 Å². The number of aromatic nitrogens is 3. The van der Waals surface area contributed by atoms with Gasteiger partial charge in [-0.15, -0.1) is 0 Å². The van der Waals surface area contributed by atoms with E-state index in [1.165, 1.54) is 6.42 Å². The molecule has 1 unspecified atom stereocenters. The molecule has 112 valence electrons. The van der Waals surface area contributed by atoms with E-state index in [9.17, 15) is 0 Å². The second-order valence-corrected chi connectivity index (χ2v) is 5.19. The average molecular weight is 280 g/mol. The van der Waals surface area contributed by atoms with E-state index in [1.54, 1.807) is 7.11 Å². The summed E-state index contributed by atoms with van der Waals surface area (Å²) in [6.45, 7) is 6.10. The summed E-state index contributed by atoms with van der Waals surface area (Å²) < 4.78 is 5.11. The number of hydrogen-bond acceptors (Lipinski definition) is 7. The molecule has 1 atom stereocenters. The number of likely N-dealkylation sites (tertiary alicyclic amines) is 1. The summed E-state index contributed by atoms with van der Waals surface area (Å²) in [5.41, 5.74) is 0. The first kappa shape index (κ1) is 14.8. The monoisotopic (exact) mass is 280 g/mol. The number of methoxy groups -OCH3 is 1. The van der Waals surface area contributed by atoms with Crippen molar-refractivity contribution in [2.24, 2.45) is 5.92 Å². The molecule has 0 saturated carbocycles. The molecule has 1 fully saturated rings. The van der Waals surface area contributed by atoms with E-state index in [4.69, 9.17) is 4.74 Å². The van der Waals surface area contributed by atoms with Gasteiger partial charge in [-0.3, -0.25) is 0 Å². The predicted octanol–water partition coefficient (Wildman–Crippen LogP) is 1.07. The first-order chi connectivity index (χ1) is 9.71. The Morgan fingerprint density at radius 3 is 2.60 bits per heavy atom. The Hall–Kier alpha value is -1.63. The molecule has 0 amide bonds. The van der Waals surface area contributed by atoms with Crippen molar-refractivity contribution in [3.8, 4) is 6.01 Å². The van der Waals surface area contributed by atoms with Crippen molar-refractivity contribution in [3.05, 3.63) is 0 Å². The van der Waals surface area contributed by atoms with Crippen LogP contribution in [0, 0.1) is 5.92 Å². The highest BCUT2D eigenvalue weighted by atomic mass is 16.5. The summed E-state index contributed by atoms with van der Waals surface area (Å²) in [5.74, 6) is 1.78. The minimum absolute atomic E-state index is 0.338. The second kappa shape index (κ2) is 7.23. The van der Waals surface area contributed by atoms with Crippen LogP contribution in [-0.4, -0.2) is 60.2 Å². The first-order valence-corrected chi connectivity index (χ1v) is 7.17. The Morgan fingerprint density at radius 1 is 1.25 bits per heavy atom. The highest BCUT2D eigenvalue weighted by Crippen LogP contribution is 2.16. The van der Waals surface area contributed by atoms with Gasteiger partial charge in [0.15, 0.2) is 0 Å². The van der Waals surface area contributed by atoms with Crippen molar-refractivity contribution in [2.75, 3.05) is 51.0 Å². The number of hydrogen-bond donors (Lipinski definition) is 2. The third kappa shape index (κ3) is 4.19. The minimum atomic E-state index is 0.338. The van der Waals surface area contributed by atoms with Crippen LogP contribution in [0.4, 0.5) is 11.9 Å². The second-order valence-electron chi connectivity index (χ2n) is 5.19. The summed E-state index contributed by atoms with van der Waals surface area (Å²) >= 11 is 0. The lowest BCUT2D eigenvalue weighted by atomic mass is 10.1. The van der Waals surface area contributed by atoms with Crippen molar-refractivity contribution in [1.29, 1.82) is 0 Å². The van der Waals surface area contributed by atoms with Crippen molar-refractivity contribution in [2.45, 2.75) is 19.8 Å². The van der Waals surface area contributed by atoms with E-state index in [0.717, 1.165) is 32.6 Å². The van der Waals surface area contributed by atoms with Crippen molar-refractivity contribution in [3.63, 3.8) is 0 Å². The fraction of sp³-hybridized carbons (Fsp3) is 0.769. The van der Waals surface area contributed by atoms with Crippen molar-refractivity contribution >= 4 is 11.9 Å². The molecule has 7 nitrogen and oxygen atoms in total. The van der Waals surface area contributed by atoms with Gasteiger partial charge in [0.2, 0.25) is 11.9 Å². The van der Waals surface area contributed by atoms with Gasteiger partial charge in [-0.25, -0.2) is 0 Å². The first-order valence-electron chi connectivity index (χ1n) is 7.17. The molecule has 0 aromatic carbocycles. The van der Waals surface area contributed by atoms with Gasteiger partial charge in [-0.2, -0.15) is 15.0 Å². The van der Waals surface area contributed by atoms with Crippen LogP contribution in [0.1, 0.15) is 19.8 Å². The van der Waals surface area contributed by atoms with E-state index in [-0.39, 0.29) is 0 Å². The molecule has 20 heavy (non-hydrogen) atoms. The van der Waals surface area contributed by atoms with Crippen molar-refractivity contribution in [1.82, 2.24) is 19.9 Å². The third-order valence-corrected chi connectivity index (χ3v) is 3.37. The van der Waals surface area contributed by atoms with Crippen LogP contribution in [0.25, 0.3) is 0 Å². The number of anilines is 2. The molecule has 7 heteroatoms. The Morgan fingerprint density at radius 2 is 2.00 bits per heavy atom. The lowest BCUT2D eigenvalue weighted by molar-refractivity contribution is 0.379. The Bertz CT molecular complexity index is 427. The van der Waals surface area contributed by atoms with Crippen LogP contribution in [0.15, 0.2) is 0 Å². The molecule has 0 aliphatic carbocycles. The Kier molecular flexibility index (Phi) is 5.34. The molecule has 0 bridgehead atoms. The maximum absolute atomic E-state index is 5.11. The van der Waals surface area contributed by atoms with Gasteiger partial charge >= 0.3 is 6.01 Å². The molecule has 1 aliphatic heterocycles. The van der Waals surface area contributed by atoms with Crippen LogP contribution in [0.5, 0.6) is 6.01 Å². The van der Waals surface area contributed by atoms with Gasteiger partial charge < -0.3 is 20.3 Å². The normalized spacial score (nSPS) is 19.1. The highest BCUT2D eigenvalue weighted by Gasteiger charge is 2.19. The Labute approximate surface area is 120 Å². The molecule has 0 radical (unpaired) electrons. The van der Waals surface area contributed by atoms with E-state index < -0.39 is 0 Å². The lowest BCUT2D eigenvalue weighted by Crippen LogP contribution is -2.20. The average Bonchev–Trinajstić information content (AvgIpc) is 2.88. The zero-order valence-electron chi connectivity index (χ0n) is 12.5. The fourth-order valence-corrected chi connectivity index (χ4v) is 2.27. The number of nitrogens with one attached hydrogen (secondary N) is 2. The molecule has 1 aromatic heterocycles. The molecule has 0 spiro atoms. The number of rotatable bonds is 7. The molecule has 2 heterocycles. The molecular formula is C13H24N6O. The number of ether oxygens (including phenoxy) is 1. The highest BCUT2D eigenvalue weighted by molar-refractivity contribution is 5.35. The molecule has 1 aromatic rings. The smallest absolute Gasteiger partial charge is 0.322 e. The molecule has 2 N–H and O–H groups in total. The number of nitrogens with zero attached hydrogens (tertiary/aromatic N) is 4. The van der Waals surface area contributed by atoms with Crippen LogP contribution in [0.2, 0.25) is 0 Å². The minimum Gasteiger partial charge on any atom is -0.467 e. The van der Waals surface area contributed by atoms with Gasteiger partial charge in [0, 0.05) is 19.6 Å². The van der Waals surface area contributed by atoms with Crippen LogP contribution < -0.4 is 15.4 Å². The van der Waals surface area contributed by atoms with Gasteiger partial charge in [0.25, 0.3) is 0 Å². The van der Waals surface area contributed by atoms with Crippen LogP contribution in [0.3, 0.4) is 0 Å². The van der Waals surface area contributed by atoms with Crippen LogP contribution in [-0.2, 0) is 0 Å². The molecular weight excluding hydrogens is 256 g/mol. The lowest BCUT2D eigenvalue weighted by Gasteiger charge is -2.12. The predicted molar refractivity (Wildman–Crippen MR) is 79.3 cm³/mol. The molecule has 1 aliphatic rings. The molecule has 2 rings (SSSR count). The zero-order valence-corrected chi connectivity index (χ0v) is 12.5. The van der Waals surface area contributed by atoms with Crippen LogP contribution >= 0.6 is 0 Å². The quantitative estimate of drug-likeness (QED) is 0.773. The maximum atomic E-state index is 5.11. The summed E-state index contributed by atoms with van der Waals surface area (Å²) in [4.78, 5) is 15.1. The maximum Gasteiger partial charge on any atom is 0.322 e. The summed E-state index contributed by atoms with van der Waals surface area (Å²) in [6, 6.07) is 0.338. The largest absolute Gasteiger partial charge is 0.467 e.